The molecule has 0 aliphatic heterocycles. The summed E-state index contributed by atoms with van der Waals surface area (Å²) in [5.74, 6) is 0.673. The van der Waals surface area contributed by atoms with Crippen molar-refractivity contribution < 1.29 is 14.6 Å². The second kappa shape index (κ2) is 11.9. The van der Waals surface area contributed by atoms with Crippen LogP contribution in [0.5, 0.6) is 0 Å². The summed E-state index contributed by atoms with van der Waals surface area (Å²) in [6.45, 7) is 15.0. The van der Waals surface area contributed by atoms with Crippen LogP contribution in [0.1, 0.15) is 67.2 Å². The van der Waals surface area contributed by atoms with Crippen LogP contribution >= 0.6 is 0 Å². The summed E-state index contributed by atoms with van der Waals surface area (Å²) in [7, 11) is 3.85. The van der Waals surface area contributed by atoms with Gasteiger partial charge in [-0.1, -0.05) is 48.0 Å². The predicted octanol–water partition coefficient (Wildman–Crippen LogP) is 3.72. The molecule has 1 atom stereocenters. The van der Waals surface area contributed by atoms with Gasteiger partial charge in [-0.05, 0) is 44.7 Å². The van der Waals surface area contributed by atoms with E-state index in [9.17, 15) is 9.90 Å². The van der Waals surface area contributed by atoms with Crippen LogP contribution in [-0.4, -0.2) is 49.3 Å². The van der Waals surface area contributed by atoms with Gasteiger partial charge in [0.1, 0.15) is 6.61 Å². The Morgan fingerprint density at radius 3 is 2.00 bits per heavy atom. The molecule has 0 aromatic carbocycles. The van der Waals surface area contributed by atoms with E-state index in [1.165, 1.54) is 6.42 Å². The van der Waals surface area contributed by atoms with Gasteiger partial charge in [-0.3, -0.25) is 4.79 Å². The molecule has 0 fully saturated rings. The number of ether oxygens (including phenoxy) is 1. The minimum Gasteiger partial charge on any atom is -0.467 e. The summed E-state index contributed by atoms with van der Waals surface area (Å²) in [6, 6.07) is 0. The third-order valence-electron chi connectivity index (χ3n) is 4.77. The Kier molecular flexibility index (Phi) is 12.8. The molecule has 0 aliphatic rings. The molecule has 0 aromatic rings. The molecule has 0 radical (unpaired) electrons. The second-order valence-corrected chi connectivity index (χ2v) is 7.18. The average molecular weight is 318 g/mol. The molecule has 134 valence electrons. The summed E-state index contributed by atoms with van der Waals surface area (Å²) in [5, 5.41) is 10.3. The van der Waals surface area contributed by atoms with Crippen molar-refractivity contribution in [2.24, 2.45) is 11.3 Å². The molecule has 0 bridgehead atoms. The molecule has 0 aliphatic carbocycles. The largest absolute Gasteiger partial charge is 0.467 e. The van der Waals surface area contributed by atoms with Crippen molar-refractivity contribution in [1.29, 1.82) is 0 Å². The standard InChI is InChI=1S/C13H28O.C5H11NO2/c1-7-11(4)12(5,6)10-13(14,8-2)9-3;1-6(2)3-4-8-5-7/h11,14H,7-10H2,1-6H3;5H,3-4H2,1-2H3. The first kappa shape index (κ1) is 23.7. The van der Waals surface area contributed by atoms with Crippen molar-refractivity contribution in [2.75, 3.05) is 27.2 Å². The van der Waals surface area contributed by atoms with E-state index in [0.29, 0.717) is 19.0 Å². The van der Waals surface area contributed by atoms with Crippen LogP contribution in [0.2, 0.25) is 0 Å². The van der Waals surface area contributed by atoms with E-state index in [4.69, 9.17) is 0 Å². The smallest absolute Gasteiger partial charge is 0.293 e. The number of likely N-dealkylation sites (N-methyl/N-ethyl adjacent to an activating group) is 1. The minimum absolute atomic E-state index is 0.246. The normalized spacial score (nSPS) is 13.4. The predicted molar refractivity (Wildman–Crippen MR) is 94.0 cm³/mol. The quantitative estimate of drug-likeness (QED) is 0.493. The van der Waals surface area contributed by atoms with Crippen molar-refractivity contribution in [3.05, 3.63) is 0 Å². The lowest BCUT2D eigenvalue weighted by molar-refractivity contribution is -0.128. The first-order chi connectivity index (χ1) is 10.1. The van der Waals surface area contributed by atoms with Crippen LogP contribution in [0.25, 0.3) is 0 Å². The van der Waals surface area contributed by atoms with Gasteiger partial charge >= 0.3 is 0 Å². The summed E-state index contributed by atoms with van der Waals surface area (Å²) >= 11 is 0. The Balaban J connectivity index is 0. The molecule has 0 spiro atoms. The van der Waals surface area contributed by atoms with Gasteiger partial charge in [0.25, 0.3) is 6.47 Å². The fourth-order valence-corrected chi connectivity index (χ4v) is 2.36. The van der Waals surface area contributed by atoms with Crippen molar-refractivity contribution in [3.63, 3.8) is 0 Å². The van der Waals surface area contributed by atoms with Gasteiger partial charge in [-0.25, -0.2) is 0 Å². The topological polar surface area (TPSA) is 49.8 Å². The summed E-state index contributed by atoms with van der Waals surface area (Å²) in [5.41, 5.74) is -0.206. The summed E-state index contributed by atoms with van der Waals surface area (Å²) < 4.78 is 4.42. The fourth-order valence-electron chi connectivity index (χ4n) is 2.36. The molecule has 0 heterocycles. The third-order valence-corrected chi connectivity index (χ3v) is 4.77. The maximum atomic E-state index is 10.3. The number of hydrogen-bond acceptors (Lipinski definition) is 4. The number of nitrogens with zero attached hydrogens (tertiary/aromatic N) is 1. The van der Waals surface area contributed by atoms with E-state index in [0.717, 1.165) is 25.8 Å². The highest BCUT2D eigenvalue weighted by atomic mass is 16.5. The van der Waals surface area contributed by atoms with Gasteiger partial charge in [-0.15, -0.1) is 0 Å². The lowest BCUT2D eigenvalue weighted by atomic mass is 9.70. The lowest BCUT2D eigenvalue weighted by Crippen LogP contribution is -2.36. The van der Waals surface area contributed by atoms with Crippen LogP contribution < -0.4 is 0 Å². The molecule has 0 rings (SSSR count). The SMILES string of the molecule is CCC(C)C(C)(C)CC(O)(CC)CC.CN(C)CCOC=O. The highest BCUT2D eigenvalue weighted by Gasteiger charge is 2.34. The van der Waals surface area contributed by atoms with Crippen LogP contribution in [0.15, 0.2) is 0 Å². The number of carbonyl (C=O) groups is 1. The second-order valence-electron chi connectivity index (χ2n) is 7.18. The van der Waals surface area contributed by atoms with E-state index >= 15 is 0 Å². The zero-order valence-corrected chi connectivity index (χ0v) is 16.1. The molecule has 1 unspecified atom stereocenters. The molecule has 0 saturated carbocycles. The Morgan fingerprint density at radius 1 is 1.18 bits per heavy atom. The molecular formula is C18H39NO3. The molecule has 4 nitrogen and oxygen atoms in total. The molecule has 1 N–H and O–H groups in total. The number of carbonyl (C=O) groups excluding carboxylic acids is 1. The van der Waals surface area contributed by atoms with Crippen molar-refractivity contribution in [1.82, 2.24) is 4.90 Å². The van der Waals surface area contributed by atoms with Crippen LogP contribution in [0, 0.1) is 11.3 Å². The van der Waals surface area contributed by atoms with Gasteiger partial charge in [0, 0.05) is 6.54 Å². The fraction of sp³-hybridized carbons (Fsp3) is 0.944. The zero-order chi connectivity index (χ0) is 17.8. The van der Waals surface area contributed by atoms with Crippen molar-refractivity contribution in [3.8, 4) is 0 Å². The van der Waals surface area contributed by atoms with Gasteiger partial charge in [0.05, 0.1) is 5.60 Å². The Morgan fingerprint density at radius 2 is 1.68 bits per heavy atom. The maximum Gasteiger partial charge on any atom is 0.293 e. The van der Waals surface area contributed by atoms with E-state index in [2.05, 4.69) is 46.3 Å². The monoisotopic (exact) mass is 317 g/mol. The molecular weight excluding hydrogens is 278 g/mol. The molecule has 22 heavy (non-hydrogen) atoms. The van der Waals surface area contributed by atoms with E-state index in [1.54, 1.807) is 0 Å². The zero-order valence-electron chi connectivity index (χ0n) is 16.1. The first-order valence-electron chi connectivity index (χ1n) is 8.50. The first-order valence-corrected chi connectivity index (χ1v) is 8.50. The van der Waals surface area contributed by atoms with Crippen LogP contribution in [0.4, 0.5) is 0 Å². The van der Waals surface area contributed by atoms with Crippen molar-refractivity contribution >= 4 is 6.47 Å². The Hall–Kier alpha value is -0.610. The van der Waals surface area contributed by atoms with Gasteiger partial charge in [-0.2, -0.15) is 0 Å². The molecule has 0 saturated heterocycles. The minimum atomic E-state index is -0.451. The number of rotatable bonds is 10. The molecule has 0 aromatic heterocycles. The molecule has 0 amide bonds. The number of aliphatic hydroxyl groups is 1. The van der Waals surface area contributed by atoms with Crippen LogP contribution in [-0.2, 0) is 9.53 Å². The number of hydrogen-bond donors (Lipinski definition) is 1. The highest BCUT2D eigenvalue weighted by Crippen LogP contribution is 2.39. The highest BCUT2D eigenvalue weighted by molar-refractivity contribution is 5.36. The third kappa shape index (κ3) is 11.0. The molecule has 4 heteroatoms. The lowest BCUT2D eigenvalue weighted by Gasteiger charge is -2.39. The van der Waals surface area contributed by atoms with Gasteiger partial charge < -0.3 is 14.7 Å². The van der Waals surface area contributed by atoms with Crippen LogP contribution in [0.3, 0.4) is 0 Å². The average Bonchev–Trinajstić information content (AvgIpc) is 2.46. The summed E-state index contributed by atoms with van der Waals surface area (Å²) in [4.78, 5) is 11.5. The van der Waals surface area contributed by atoms with Gasteiger partial charge in [0.15, 0.2) is 0 Å². The maximum absolute atomic E-state index is 10.3. The Labute approximate surface area is 138 Å². The Bertz CT molecular complexity index is 274. The summed E-state index contributed by atoms with van der Waals surface area (Å²) in [6.07, 6.45) is 3.84. The van der Waals surface area contributed by atoms with Gasteiger partial charge in [0.2, 0.25) is 0 Å². The van der Waals surface area contributed by atoms with E-state index < -0.39 is 5.60 Å². The van der Waals surface area contributed by atoms with E-state index in [-0.39, 0.29) is 5.41 Å². The van der Waals surface area contributed by atoms with Crippen molar-refractivity contribution in [2.45, 2.75) is 72.8 Å². The van der Waals surface area contributed by atoms with E-state index in [1.807, 2.05) is 19.0 Å².